The molecular weight excluding hydrogens is 458 g/mol. The van der Waals surface area contributed by atoms with Crippen LogP contribution >= 0.6 is 12.6 Å². The van der Waals surface area contributed by atoms with Crippen LogP contribution in [0.25, 0.3) is 0 Å². The molecule has 1 aromatic rings. The number of benzene rings is 1. The number of carbonyl (C=O) groups is 4. The summed E-state index contributed by atoms with van der Waals surface area (Å²) in [5.74, 6) is -2.64. The Hall–Kier alpha value is -2.63. The summed E-state index contributed by atoms with van der Waals surface area (Å²) in [5, 5.41) is 14.4. The van der Waals surface area contributed by atoms with Crippen LogP contribution in [0.3, 0.4) is 0 Å². The Balaban J connectivity index is 2.09. The minimum absolute atomic E-state index is 0.0706. The number of likely N-dealkylation sites (tertiary alicyclic amines) is 1. The number of rotatable bonds is 13. The summed E-state index contributed by atoms with van der Waals surface area (Å²) >= 11 is 3.96. The predicted molar refractivity (Wildman–Crippen MR) is 131 cm³/mol. The average molecular weight is 494 g/mol. The van der Waals surface area contributed by atoms with Crippen LogP contribution in [0.15, 0.2) is 30.3 Å². The molecule has 0 spiro atoms. The summed E-state index contributed by atoms with van der Waals surface area (Å²) in [5.41, 5.74) is 12.6. The van der Waals surface area contributed by atoms with Gasteiger partial charge in [0, 0.05) is 12.3 Å². The lowest BCUT2D eigenvalue weighted by atomic mass is 10.0. The van der Waals surface area contributed by atoms with Gasteiger partial charge in [-0.3, -0.25) is 14.4 Å². The standard InChI is InChI=1S/C23H35N5O5S/c24-11-5-4-9-17(26-20(29)16(25)13-15-7-2-1-3-8-15)22(31)28-12-6-10-19(28)21(30)27-18(14-34)23(32)33/h1-3,7-8,16-19,34H,4-6,9-14,24-25H2,(H,26,29)(H,27,30)(H,32,33). The van der Waals surface area contributed by atoms with Crippen LogP contribution < -0.4 is 22.1 Å². The van der Waals surface area contributed by atoms with Crippen molar-refractivity contribution in [3.63, 3.8) is 0 Å². The van der Waals surface area contributed by atoms with Crippen molar-refractivity contribution >= 4 is 36.3 Å². The summed E-state index contributed by atoms with van der Waals surface area (Å²) in [6, 6.07) is 5.70. The maximum absolute atomic E-state index is 13.4. The van der Waals surface area contributed by atoms with E-state index in [1.54, 1.807) is 0 Å². The van der Waals surface area contributed by atoms with E-state index in [9.17, 15) is 24.3 Å². The first kappa shape index (κ1) is 27.6. The first-order chi connectivity index (χ1) is 16.3. The van der Waals surface area contributed by atoms with E-state index in [0.717, 1.165) is 5.56 Å². The van der Waals surface area contributed by atoms with Crippen molar-refractivity contribution in [2.24, 2.45) is 11.5 Å². The maximum Gasteiger partial charge on any atom is 0.327 e. The molecule has 0 saturated carbocycles. The fourth-order valence-electron chi connectivity index (χ4n) is 3.95. The largest absolute Gasteiger partial charge is 0.480 e. The van der Waals surface area contributed by atoms with Gasteiger partial charge in [-0.2, -0.15) is 12.6 Å². The Bertz CT molecular complexity index is 840. The van der Waals surface area contributed by atoms with Crippen LogP contribution in [0, 0.1) is 0 Å². The van der Waals surface area contributed by atoms with E-state index in [4.69, 9.17) is 11.5 Å². The molecule has 0 aliphatic carbocycles. The molecule has 3 amide bonds. The SMILES string of the molecule is NCCCCC(NC(=O)C(N)Cc1ccccc1)C(=O)N1CCCC1C(=O)NC(CS)C(=O)O. The zero-order chi connectivity index (χ0) is 25.1. The lowest BCUT2D eigenvalue weighted by molar-refractivity contribution is -0.144. The van der Waals surface area contributed by atoms with E-state index in [1.165, 1.54) is 4.90 Å². The quantitative estimate of drug-likeness (QED) is 0.161. The molecule has 4 atom stereocenters. The second kappa shape index (κ2) is 13.9. The van der Waals surface area contributed by atoms with Gasteiger partial charge in [-0.25, -0.2) is 4.79 Å². The molecule has 1 aliphatic rings. The number of nitrogens with one attached hydrogen (secondary N) is 2. The first-order valence-corrected chi connectivity index (χ1v) is 12.2. The van der Waals surface area contributed by atoms with E-state index < -0.39 is 42.0 Å². The predicted octanol–water partition coefficient (Wildman–Crippen LogP) is -0.340. The van der Waals surface area contributed by atoms with Crippen LogP contribution in [0.4, 0.5) is 0 Å². The monoisotopic (exact) mass is 493 g/mol. The summed E-state index contributed by atoms with van der Waals surface area (Å²) in [6.45, 7) is 0.798. The molecule has 1 heterocycles. The van der Waals surface area contributed by atoms with Crippen molar-refractivity contribution in [3.8, 4) is 0 Å². The van der Waals surface area contributed by atoms with Crippen LogP contribution in [0.2, 0.25) is 0 Å². The van der Waals surface area contributed by atoms with Crippen LogP contribution in [0.5, 0.6) is 0 Å². The third kappa shape index (κ3) is 8.00. The van der Waals surface area contributed by atoms with Crippen molar-refractivity contribution < 1.29 is 24.3 Å². The van der Waals surface area contributed by atoms with E-state index >= 15 is 0 Å². The van der Waals surface area contributed by atoms with Gasteiger partial charge in [0.05, 0.1) is 6.04 Å². The number of unbranched alkanes of at least 4 members (excludes halogenated alkanes) is 1. The Morgan fingerprint density at radius 3 is 2.44 bits per heavy atom. The minimum atomic E-state index is -1.20. The summed E-state index contributed by atoms with van der Waals surface area (Å²) in [4.78, 5) is 51.6. The van der Waals surface area contributed by atoms with Gasteiger partial charge in [0.2, 0.25) is 17.7 Å². The highest BCUT2D eigenvalue weighted by Crippen LogP contribution is 2.20. The molecule has 1 fully saturated rings. The van der Waals surface area contributed by atoms with Crippen molar-refractivity contribution in [3.05, 3.63) is 35.9 Å². The van der Waals surface area contributed by atoms with Gasteiger partial charge in [-0.15, -0.1) is 0 Å². The van der Waals surface area contributed by atoms with Gasteiger partial charge < -0.3 is 32.1 Å². The van der Waals surface area contributed by atoms with Gasteiger partial charge in [-0.05, 0) is 50.6 Å². The second-order valence-electron chi connectivity index (χ2n) is 8.41. The normalized spacial score (nSPS) is 18.1. The number of aliphatic carboxylic acids is 1. The summed E-state index contributed by atoms with van der Waals surface area (Å²) in [7, 11) is 0. The number of nitrogens with zero attached hydrogens (tertiary/aromatic N) is 1. The molecule has 0 bridgehead atoms. The molecule has 0 aromatic heterocycles. The second-order valence-corrected chi connectivity index (χ2v) is 8.78. The molecule has 188 valence electrons. The third-order valence-electron chi connectivity index (χ3n) is 5.83. The Kier molecular flexibility index (Phi) is 11.3. The van der Waals surface area contributed by atoms with Gasteiger partial charge in [0.15, 0.2) is 0 Å². The number of hydrogen-bond acceptors (Lipinski definition) is 7. The van der Waals surface area contributed by atoms with Gasteiger partial charge in [0.25, 0.3) is 0 Å². The van der Waals surface area contributed by atoms with Crippen LogP contribution in [-0.2, 0) is 25.6 Å². The van der Waals surface area contributed by atoms with E-state index in [-0.39, 0.29) is 11.7 Å². The lowest BCUT2D eigenvalue weighted by Gasteiger charge is -2.30. The van der Waals surface area contributed by atoms with E-state index in [1.807, 2.05) is 30.3 Å². The number of nitrogens with two attached hydrogens (primary N) is 2. The highest BCUT2D eigenvalue weighted by molar-refractivity contribution is 7.80. The summed E-state index contributed by atoms with van der Waals surface area (Å²) in [6.07, 6.45) is 2.99. The first-order valence-electron chi connectivity index (χ1n) is 11.5. The number of carboxylic acid groups (broad SMARTS) is 1. The molecule has 34 heavy (non-hydrogen) atoms. The average Bonchev–Trinajstić information content (AvgIpc) is 3.32. The maximum atomic E-state index is 13.4. The number of carboxylic acids is 1. The van der Waals surface area contributed by atoms with Crippen LogP contribution in [-0.4, -0.2) is 76.7 Å². The number of hydrogen-bond donors (Lipinski definition) is 6. The summed E-state index contributed by atoms with van der Waals surface area (Å²) < 4.78 is 0. The van der Waals surface area contributed by atoms with Gasteiger partial charge >= 0.3 is 5.97 Å². The Morgan fingerprint density at radius 1 is 1.12 bits per heavy atom. The highest BCUT2D eigenvalue weighted by atomic mass is 32.1. The molecule has 7 N–H and O–H groups in total. The molecule has 1 aliphatic heterocycles. The van der Waals surface area contributed by atoms with Gasteiger partial charge in [0.1, 0.15) is 18.1 Å². The molecule has 1 saturated heterocycles. The smallest absolute Gasteiger partial charge is 0.327 e. The van der Waals surface area contributed by atoms with Crippen LogP contribution in [0.1, 0.15) is 37.7 Å². The Labute approximate surface area is 205 Å². The van der Waals surface area contributed by atoms with Crippen molar-refractivity contribution in [1.29, 1.82) is 0 Å². The molecule has 2 rings (SSSR count). The third-order valence-corrected chi connectivity index (χ3v) is 6.20. The zero-order valence-electron chi connectivity index (χ0n) is 19.2. The molecule has 10 nitrogen and oxygen atoms in total. The number of amides is 3. The fraction of sp³-hybridized carbons (Fsp3) is 0.565. The Morgan fingerprint density at radius 2 is 1.82 bits per heavy atom. The number of carbonyl (C=O) groups excluding carboxylic acids is 3. The number of thiol groups is 1. The lowest BCUT2D eigenvalue weighted by Crippen LogP contribution is -2.57. The fourth-order valence-corrected chi connectivity index (χ4v) is 4.19. The topological polar surface area (TPSA) is 168 Å². The molecule has 0 radical (unpaired) electrons. The van der Waals surface area contributed by atoms with Crippen molar-refractivity contribution in [2.45, 2.75) is 62.7 Å². The van der Waals surface area contributed by atoms with Gasteiger partial charge in [-0.1, -0.05) is 30.3 Å². The molecule has 11 heteroatoms. The minimum Gasteiger partial charge on any atom is -0.480 e. The van der Waals surface area contributed by atoms with Crippen molar-refractivity contribution in [2.75, 3.05) is 18.8 Å². The van der Waals surface area contributed by atoms with E-state index in [0.29, 0.717) is 51.6 Å². The molecule has 1 aromatic carbocycles. The van der Waals surface area contributed by atoms with Crippen molar-refractivity contribution in [1.82, 2.24) is 15.5 Å². The highest BCUT2D eigenvalue weighted by Gasteiger charge is 2.38. The van der Waals surface area contributed by atoms with E-state index in [2.05, 4.69) is 23.3 Å². The molecule has 4 unspecified atom stereocenters. The molecular formula is C23H35N5O5S. The zero-order valence-corrected chi connectivity index (χ0v) is 20.1.